The van der Waals surface area contributed by atoms with Crippen LogP contribution in [0.15, 0.2) is 81.9 Å². The number of aromatic hydroxyl groups is 1. The summed E-state index contributed by atoms with van der Waals surface area (Å²) < 4.78 is 37.5. The number of ether oxygens (including phenoxy) is 1. The molecule has 0 aliphatic carbocycles. The van der Waals surface area contributed by atoms with Crippen LogP contribution in [0.25, 0.3) is 10.8 Å². The number of phenolic OH excluding ortho intramolecular Hbond substituents is 1. The molecule has 4 rings (SSSR count). The van der Waals surface area contributed by atoms with Gasteiger partial charge in [-0.05, 0) is 48.2 Å². The highest BCUT2D eigenvalue weighted by Gasteiger charge is 2.20. The fraction of sp³-hybridized carbons (Fsp3) is 0.0800. The van der Waals surface area contributed by atoms with E-state index in [1.165, 1.54) is 20.1 Å². The maximum Gasteiger partial charge on any atom is 0.296 e. The van der Waals surface area contributed by atoms with Crippen LogP contribution in [0, 0.1) is 6.92 Å². The molecule has 0 aliphatic heterocycles. The summed E-state index contributed by atoms with van der Waals surface area (Å²) in [6.07, 6.45) is 0. The van der Waals surface area contributed by atoms with Crippen LogP contribution in [0.3, 0.4) is 0 Å². The summed E-state index contributed by atoms with van der Waals surface area (Å²) in [4.78, 5) is 12.6. The van der Waals surface area contributed by atoms with E-state index in [2.05, 4.69) is 15.5 Å². The number of amides is 1. The second-order valence-electron chi connectivity index (χ2n) is 7.73. The first-order valence-corrected chi connectivity index (χ1v) is 12.3. The zero-order valence-electron chi connectivity index (χ0n) is 19.1. The number of nitrogens with zero attached hydrogens (tertiary/aromatic N) is 2. The Morgan fingerprint density at radius 1 is 1.03 bits per heavy atom. The number of rotatable bonds is 6. The van der Waals surface area contributed by atoms with Gasteiger partial charge in [0.15, 0.2) is 5.75 Å². The number of azo groups is 1. The first-order valence-electron chi connectivity index (χ1n) is 10.5. The summed E-state index contributed by atoms with van der Waals surface area (Å²) in [7, 11) is -3.00. The van der Waals surface area contributed by atoms with Gasteiger partial charge < -0.3 is 15.2 Å². The van der Waals surface area contributed by atoms with Crippen LogP contribution in [0.4, 0.5) is 17.1 Å². The average molecular weight is 526 g/mol. The molecule has 0 saturated carbocycles. The van der Waals surface area contributed by atoms with Crippen LogP contribution in [0.5, 0.6) is 11.5 Å². The van der Waals surface area contributed by atoms with Crippen molar-refractivity contribution in [2.24, 2.45) is 10.2 Å². The molecule has 4 aromatic carbocycles. The molecule has 0 unspecified atom stereocenters. The van der Waals surface area contributed by atoms with Crippen molar-refractivity contribution in [3.8, 4) is 11.5 Å². The van der Waals surface area contributed by atoms with Gasteiger partial charge in [-0.2, -0.15) is 13.5 Å². The topological polar surface area (TPSA) is 138 Å². The summed E-state index contributed by atoms with van der Waals surface area (Å²) in [5.41, 5.74) is 0.952. The van der Waals surface area contributed by atoms with Gasteiger partial charge in [-0.25, -0.2) is 0 Å². The highest BCUT2D eigenvalue weighted by molar-refractivity contribution is 7.86. The molecule has 11 heteroatoms. The van der Waals surface area contributed by atoms with E-state index in [9.17, 15) is 22.9 Å². The van der Waals surface area contributed by atoms with Gasteiger partial charge in [-0.1, -0.05) is 41.9 Å². The lowest BCUT2D eigenvalue weighted by molar-refractivity contribution is 0.102. The SMILES string of the molecule is COc1cccc(NC(=O)c2cc3ccccc3c(N=Nc3ccc(S(=O)(=O)O)c(Cl)c3C)c2O)c1. The molecule has 0 saturated heterocycles. The molecule has 0 aliphatic rings. The summed E-state index contributed by atoms with van der Waals surface area (Å²) in [5, 5.41) is 23.0. The maximum atomic E-state index is 13.1. The van der Waals surface area contributed by atoms with Crippen LogP contribution in [0.1, 0.15) is 15.9 Å². The zero-order valence-corrected chi connectivity index (χ0v) is 20.6. The molecule has 0 atom stereocenters. The van der Waals surface area contributed by atoms with Crippen molar-refractivity contribution in [1.29, 1.82) is 0 Å². The van der Waals surface area contributed by atoms with E-state index in [4.69, 9.17) is 16.3 Å². The van der Waals surface area contributed by atoms with E-state index in [1.807, 2.05) is 0 Å². The highest BCUT2D eigenvalue weighted by Crippen LogP contribution is 2.40. The third kappa shape index (κ3) is 5.01. The Balaban J connectivity index is 1.78. The number of nitrogens with one attached hydrogen (secondary N) is 1. The molecule has 0 aromatic heterocycles. The molecule has 0 radical (unpaired) electrons. The zero-order chi connectivity index (χ0) is 26.0. The van der Waals surface area contributed by atoms with Crippen molar-refractivity contribution in [1.82, 2.24) is 0 Å². The largest absolute Gasteiger partial charge is 0.505 e. The molecule has 184 valence electrons. The average Bonchev–Trinajstić information content (AvgIpc) is 2.84. The molecule has 0 fully saturated rings. The van der Waals surface area contributed by atoms with Gasteiger partial charge in [0.2, 0.25) is 0 Å². The van der Waals surface area contributed by atoms with Gasteiger partial charge >= 0.3 is 0 Å². The number of hydrogen-bond acceptors (Lipinski definition) is 7. The highest BCUT2D eigenvalue weighted by atomic mass is 35.5. The van der Waals surface area contributed by atoms with Crippen LogP contribution >= 0.6 is 11.6 Å². The number of hydrogen-bond donors (Lipinski definition) is 3. The van der Waals surface area contributed by atoms with E-state index < -0.39 is 26.7 Å². The molecule has 0 heterocycles. The van der Waals surface area contributed by atoms with Crippen molar-refractivity contribution in [3.63, 3.8) is 0 Å². The van der Waals surface area contributed by atoms with E-state index >= 15 is 0 Å². The Hall–Kier alpha value is -3.99. The van der Waals surface area contributed by atoms with E-state index in [-0.39, 0.29) is 27.5 Å². The number of benzene rings is 4. The van der Waals surface area contributed by atoms with E-state index in [0.29, 0.717) is 22.2 Å². The lowest BCUT2D eigenvalue weighted by atomic mass is 10.0. The standard InChI is InChI=1S/C25H20ClN3O6S/c1-14-20(10-11-21(22(14)26)36(32,33)34)28-29-23-18-9-4-3-6-15(18)12-19(24(23)30)25(31)27-16-7-5-8-17(13-16)35-2/h3-13,30H,1-2H3,(H,27,31)(H,32,33,34). The first kappa shape index (κ1) is 25.1. The van der Waals surface area contributed by atoms with Gasteiger partial charge in [0.25, 0.3) is 16.0 Å². The van der Waals surface area contributed by atoms with Crippen molar-refractivity contribution >= 4 is 55.5 Å². The van der Waals surface area contributed by atoms with Crippen LogP contribution in [0.2, 0.25) is 5.02 Å². The molecule has 0 bridgehead atoms. The number of halogens is 1. The van der Waals surface area contributed by atoms with Crippen molar-refractivity contribution in [2.75, 3.05) is 12.4 Å². The second kappa shape index (κ2) is 9.94. The van der Waals surface area contributed by atoms with Crippen molar-refractivity contribution in [2.45, 2.75) is 11.8 Å². The number of carbonyl (C=O) groups excluding carboxylic acids is 1. The third-order valence-corrected chi connectivity index (χ3v) is 6.92. The Bertz CT molecular complexity index is 1640. The van der Waals surface area contributed by atoms with E-state index in [0.717, 1.165) is 6.07 Å². The molecule has 1 amide bonds. The first-order chi connectivity index (χ1) is 17.1. The van der Waals surface area contributed by atoms with E-state index in [1.54, 1.807) is 54.6 Å². The Morgan fingerprint density at radius 3 is 2.50 bits per heavy atom. The third-order valence-electron chi connectivity index (χ3n) is 5.43. The minimum Gasteiger partial charge on any atom is -0.505 e. The van der Waals surface area contributed by atoms with Gasteiger partial charge in [0.05, 0.1) is 23.4 Å². The normalized spacial score (nSPS) is 11.7. The lowest BCUT2D eigenvalue weighted by Gasteiger charge is -2.12. The molecular formula is C25H20ClN3O6S. The van der Waals surface area contributed by atoms with Crippen molar-refractivity contribution in [3.05, 3.63) is 82.9 Å². The molecule has 9 nitrogen and oxygen atoms in total. The molecular weight excluding hydrogens is 506 g/mol. The van der Waals surface area contributed by atoms with Gasteiger partial charge in [0, 0.05) is 17.1 Å². The molecule has 4 aromatic rings. The smallest absolute Gasteiger partial charge is 0.296 e. The molecule has 36 heavy (non-hydrogen) atoms. The van der Waals surface area contributed by atoms with Crippen LogP contribution < -0.4 is 10.1 Å². The van der Waals surface area contributed by atoms with Gasteiger partial charge in [0.1, 0.15) is 16.3 Å². The minimum absolute atomic E-state index is 0.0260. The Labute approximate surface area is 211 Å². The molecule has 3 N–H and O–H groups in total. The van der Waals surface area contributed by atoms with Gasteiger partial charge in [-0.15, -0.1) is 5.11 Å². The number of methoxy groups -OCH3 is 1. The summed E-state index contributed by atoms with van der Waals surface area (Å²) in [5.74, 6) is -0.407. The predicted molar refractivity (Wildman–Crippen MR) is 137 cm³/mol. The lowest BCUT2D eigenvalue weighted by Crippen LogP contribution is -2.12. The van der Waals surface area contributed by atoms with Crippen LogP contribution in [-0.2, 0) is 10.1 Å². The fourth-order valence-corrected chi connectivity index (χ4v) is 4.62. The summed E-state index contributed by atoms with van der Waals surface area (Å²) >= 11 is 6.10. The number of carbonyl (C=O) groups is 1. The maximum absolute atomic E-state index is 13.1. The minimum atomic E-state index is -4.52. The van der Waals surface area contributed by atoms with Crippen molar-refractivity contribution < 1.29 is 27.6 Å². The van der Waals surface area contributed by atoms with Crippen LogP contribution in [-0.4, -0.2) is 31.1 Å². The summed E-state index contributed by atoms with van der Waals surface area (Å²) in [6.45, 7) is 1.52. The second-order valence-corrected chi connectivity index (χ2v) is 9.49. The fourth-order valence-electron chi connectivity index (χ4n) is 3.55. The summed E-state index contributed by atoms with van der Waals surface area (Å²) in [6, 6.07) is 17.8. The quantitative estimate of drug-likeness (QED) is 0.196. The monoisotopic (exact) mass is 525 g/mol. The Kier molecular flexibility index (Phi) is 6.93. The number of anilines is 1. The number of fused-ring (bicyclic) bond motifs is 1. The van der Waals surface area contributed by atoms with Gasteiger partial charge in [-0.3, -0.25) is 9.35 Å². The Morgan fingerprint density at radius 2 is 1.78 bits per heavy atom. The number of phenols is 1. The molecule has 0 spiro atoms. The predicted octanol–water partition coefficient (Wildman–Crippen LogP) is 6.43.